The van der Waals surface area contributed by atoms with E-state index in [1.807, 2.05) is 6.07 Å². The highest BCUT2D eigenvalue weighted by Gasteiger charge is 2.02. The maximum absolute atomic E-state index is 5.70. The van der Waals surface area contributed by atoms with Gasteiger partial charge in [0.25, 0.3) is 0 Å². The zero-order valence-electron chi connectivity index (χ0n) is 9.31. The van der Waals surface area contributed by atoms with E-state index in [-0.39, 0.29) is 0 Å². The van der Waals surface area contributed by atoms with Gasteiger partial charge in [-0.2, -0.15) is 0 Å². The molecule has 0 saturated carbocycles. The molecule has 0 aliphatic carbocycles. The molecule has 0 amide bonds. The lowest BCUT2D eigenvalue weighted by Gasteiger charge is -2.08. The van der Waals surface area contributed by atoms with E-state index in [4.69, 9.17) is 5.73 Å². The minimum Gasteiger partial charge on any atom is -0.326 e. The van der Waals surface area contributed by atoms with Crippen molar-refractivity contribution in [2.24, 2.45) is 5.73 Å². The Bertz CT molecular complexity index is 465. The van der Waals surface area contributed by atoms with E-state index in [1.165, 1.54) is 21.6 Å². The maximum Gasteiger partial charge on any atom is 0.0189 e. The summed E-state index contributed by atoms with van der Waals surface area (Å²) in [6.07, 6.45) is 2.09. The number of benzene rings is 2. The summed E-state index contributed by atoms with van der Waals surface area (Å²) in [5, 5.41) is 0. The fraction of sp³-hybridized carbons (Fsp3) is 0.143. The zero-order chi connectivity index (χ0) is 11.4. The van der Waals surface area contributed by atoms with Crippen LogP contribution >= 0.6 is 11.8 Å². The smallest absolute Gasteiger partial charge is 0.0189 e. The van der Waals surface area contributed by atoms with Crippen molar-refractivity contribution in [3.05, 3.63) is 54.1 Å². The number of thioether (sulfide) groups is 1. The van der Waals surface area contributed by atoms with Gasteiger partial charge < -0.3 is 5.73 Å². The van der Waals surface area contributed by atoms with Gasteiger partial charge >= 0.3 is 0 Å². The molecule has 0 saturated heterocycles. The molecular formula is C14H15NS. The SMILES string of the molecule is CSc1cc(-c2ccccc2)ccc1CN. The molecule has 0 unspecified atom stereocenters. The summed E-state index contributed by atoms with van der Waals surface area (Å²) < 4.78 is 0. The Morgan fingerprint density at radius 3 is 2.38 bits per heavy atom. The lowest BCUT2D eigenvalue weighted by molar-refractivity contribution is 1.03. The van der Waals surface area contributed by atoms with Crippen LogP contribution in [0.25, 0.3) is 11.1 Å². The number of rotatable bonds is 3. The van der Waals surface area contributed by atoms with Crippen molar-refractivity contribution in [2.75, 3.05) is 6.26 Å². The summed E-state index contributed by atoms with van der Waals surface area (Å²) in [7, 11) is 0. The van der Waals surface area contributed by atoms with Crippen molar-refractivity contribution >= 4 is 11.8 Å². The van der Waals surface area contributed by atoms with Gasteiger partial charge in [0.05, 0.1) is 0 Å². The molecule has 0 aliphatic rings. The Morgan fingerprint density at radius 2 is 1.75 bits per heavy atom. The van der Waals surface area contributed by atoms with Gasteiger partial charge in [-0.05, 0) is 29.0 Å². The highest BCUT2D eigenvalue weighted by Crippen LogP contribution is 2.27. The van der Waals surface area contributed by atoms with E-state index >= 15 is 0 Å². The van der Waals surface area contributed by atoms with Crippen LogP contribution in [0, 0.1) is 0 Å². The fourth-order valence-electron chi connectivity index (χ4n) is 1.72. The van der Waals surface area contributed by atoms with Crippen LogP contribution in [0.3, 0.4) is 0 Å². The summed E-state index contributed by atoms with van der Waals surface area (Å²) in [5.74, 6) is 0. The first kappa shape index (κ1) is 11.2. The standard InChI is InChI=1S/C14H15NS/c1-16-14-9-12(7-8-13(14)10-15)11-5-3-2-4-6-11/h2-9H,10,15H2,1H3. The second-order valence-electron chi connectivity index (χ2n) is 3.60. The Morgan fingerprint density at radius 1 is 1.00 bits per heavy atom. The van der Waals surface area contributed by atoms with E-state index in [0.717, 1.165) is 0 Å². The molecule has 0 aromatic heterocycles. The van der Waals surface area contributed by atoms with E-state index in [9.17, 15) is 0 Å². The molecule has 16 heavy (non-hydrogen) atoms. The summed E-state index contributed by atoms with van der Waals surface area (Å²) in [6, 6.07) is 16.9. The van der Waals surface area contributed by atoms with Crippen LogP contribution in [-0.2, 0) is 6.54 Å². The van der Waals surface area contributed by atoms with Gasteiger partial charge in [0.1, 0.15) is 0 Å². The van der Waals surface area contributed by atoms with E-state index in [1.54, 1.807) is 11.8 Å². The quantitative estimate of drug-likeness (QED) is 0.815. The minimum absolute atomic E-state index is 0.602. The second-order valence-corrected chi connectivity index (χ2v) is 4.44. The first-order valence-corrected chi connectivity index (χ1v) is 6.50. The van der Waals surface area contributed by atoms with Crippen molar-refractivity contribution in [1.29, 1.82) is 0 Å². The molecule has 1 nitrogen and oxygen atoms in total. The van der Waals surface area contributed by atoms with Gasteiger partial charge in [-0.25, -0.2) is 0 Å². The van der Waals surface area contributed by atoms with Crippen LogP contribution in [0.1, 0.15) is 5.56 Å². The lowest BCUT2D eigenvalue weighted by Crippen LogP contribution is -1.98. The van der Waals surface area contributed by atoms with Crippen LogP contribution in [0.5, 0.6) is 0 Å². The van der Waals surface area contributed by atoms with Gasteiger partial charge in [-0.1, -0.05) is 42.5 Å². The summed E-state index contributed by atoms with van der Waals surface area (Å²) in [5.41, 5.74) is 9.42. The maximum atomic E-state index is 5.70. The van der Waals surface area contributed by atoms with Gasteiger partial charge in [-0.15, -0.1) is 11.8 Å². The molecule has 0 bridgehead atoms. The molecule has 0 heterocycles. The summed E-state index contributed by atoms with van der Waals surface area (Å²) in [4.78, 5) is 1.27. The van der Waals surface area contributed by atoms with Crippen molar-refractivity contribution in [2.45, 2.75) is 11.4 Å². The number of nitrogens with two attached hydrogens (primary N) is 1. The molecule has 0 radical (unpaired) electrons. The molecular weight excluding hydrogens is 214 g/mol. The monoisotopic (exact) mass is 229 g/mol. The fourth-order valence-corrected chi connectivity index (χ4v) is 2.38. The molecule has 2 aromatic carbocycles. The molecule has 2 rings (SSSR count). The first-order valence-electron chi connectivity index (χ1n) is 5.27. The van der Waals surface area contributed by atoms with Crippen molar-refractivity contribution < 1.29 is 0 Å². The normalized spacial score (nSPS) is 10.4. The third kappa shape index (κ3) is 2.29. The highest BCUT2D eigenvalue weighted by molar-refractivity contribution is 7.98. The van der Waals surface area contributed by atoms with E-state index in [2.05, 4.69) is 48.7 Å². The molecule has 2 N–H and O–H groups in total. The zero-order valence-corrected chi connectivity index (χ0v) is 10.1. The Kier molecular flexibility index (Phi) is 3.65. The second kappa shape index (κ2) is 5.19. The molecule has 2 heteroatoms. The van der Waals surface area contributed by atoms with Crippen molar-refractivity contribution in [3.63, 3.8) is 0 Å². The average molecular weight is 229 g/mol. The molecule has 2 aromatic rings. The van der Waals surface area contributed by atoms with Crippen molar-refractivity contribution in [1.82, 2.24) is 0 Å². The summed E-state index contributed by atoms with van der Waals surface area (Å²) >= 11 is 1.75. The summed E-state index contributed by atoms with van der Waals surface area (Å²) in [6.45, 7) is 0.602. The van der Waals surface area contributed by atoms with Crippen LogP contribution < -0.4 is 5.73 Å². The number of hydrogen-bond donors (Lipinski definition) is 1. The van der Waals surface area contributed by atoms with Crippen LogP contribution in [-0.4, -0.2) is 6.26 Å². The van der Waals surface area contributed by atoms with Crippen molar-refractivity contribution in [3.8, 4) is 11.1 Å². The van der Waals surface area contributed by atoms with Crippen LogP contribution in [0.2, 0.25) is 0 Å². The van der Waals surface area contributed by atoms with Gasteiger partial charge in [0.2, 0.25) is 0 Å². The third-order valence-electron chi connectivity index (χ3n) is 2.61. The Labute approximate surface area is 101 Å². The molecule has 0 fully saturated rings. The largest absolute Gasteiger partial charge is 0.326 e. The Hall–Kier alpha value is -1.25. The third-order valence-corrected chi connectivity index (χ3v) is 3.43. The van der Waals surface area contributed by atoms with Gasteiger partial charge in [0, 0.05) is 11.4 Å². The topological polar surface area (TPSA) is 26.0 Å². The van der Waals surface area contributed by atoms with E-state index in [0.29, 0.717) is 6.54 Å². The molecule has 0 atom stereocenters. The van der Waals surface area contributed by atoms with Crippen LogP contribution in [0.4, 0.5) is 0 Å². The Balaban J connectivity index is 2.44. The van der Waals surface area contributed by atoms with E-state index < -0.39 is 0 Å². The van der Waals surface area contributed by atoms with Gasteiger partial charge in [-0.3, -0.25) is 0 Å². The lowest BCUT2D eigenvalue weighted by atomic mass is 10.0. The molecule has 0 spiro atoms. The molecule has 0 aliphatic heterocycles. The van der Waals surface area contributed by atoms with Crippen LogP contribution in [0.15, 0.2) is 53.4 Å². The predicted octanol–water partition coefficient (Wildman–Crippen LogP) is 3.53. The number of hydrogen-bond acceptors (Lipinski definition) is 2. The first-order chi connectivity index (χ1) is 7.85. The van der Waals surface area contributed by atoms with Gasteiger partial charge in [0.15, 0.2) is 0 Å². The average Bonchev–Trinajstić information content (AvgIpc) is 2.39. The molecule has 82 valence electrons. The predicted molar refractivity (Wildman–Crippen MR) is 71.6 cm³/mol. The highest BCUT2D eigenvalue weighted by atomic mass is 32.2. The minimum atomic E-state index is 0.602.